The Labute approximate surface area is 1010 Å². The van der Waals surface area contributed by atoms with E-state index < -0.39 is 8.07 Å². The summed E-state index contributed by atoms with van der Waals surface area (Å²) in [4.78, 5) is 0. The van der Waals surface area contributed by atoms with Gasteiger partial charge in [0.25, 0.3) is 0 Å². The molecule has 0 bridgehead atoms. The molecule has 0 amide bonds. The molecule has 14 atom stereocenters. The molecule has 13 saturated carbocycles. The molecular weight excluding hydrogens is 2490 g/mol. The van der Waals surface area contributed by atoms with Gasteiger partial charge in [-0.2, -0.15) is 0 Å². The Balaban J connectivity index is -0.0000000892. The second-order valence-electron chi connectivity index (χ2n) is 48.3. The summed E-state index contributed by atoms with van der Waals surface area (Å²) in [5.41, 5.74) is 13.3. The van der Waals surface area contributed by atoms with Gasteiger partial charge in [-0.05, 0) is 410 Å². The summed E-state index contributed by atoms with van der Waals surface area (Å²) in [6, 6.07) is 10.5. The zero-order valence-electron chi connectivity index (χ0n) is 107. The SMILES string of the molecule is C1=C2CCCC2=CC2CCCC12.CC(C)CC1CCC2C=C3CCCC3=CC21.CC1C(C)C(C)C(C)C1C.CC1C(C)C(C)C(C)C1C.CC1C(C)C(C)C(C)C1C.CC1C(C)C(C)C(C)C1C.CC1C(C)C(C)C(C)C1C.CC1CCC2C=C3CCCC3=CC12.CC1CCC2C=CC=CC12.C[Si](C)(C)CC1CCC2c3ccccc3C=CC12.[CH3-].[CH3-].[CH3-].[CH3-].[CH3-].[CH3-].[CH3-].[CH3-].[CH3-].[CH3-].[CH3-].[CH3-].[CH3-].[CH3-].[CH3-].[CH3-].[CH3-].[CH3-].[CH3-].[CH3-].[Hf+4].[Hf+4].[Hf+4].[Hf+4].[Zr+4]. The first-order valence-electron chi connectivity index (χ1n) is 52.6. The summed E-state index contributed by atoms with van der Waals surface area (Å²) in [5.74, 6) is 36.9. The molecule has 19 rings (SSSR count). The van der Waals surface area contributed by atoms with E-state index in [4.69, 9.17) is 0 Å². The summed E-state index contributed by atoms with van der Waals surface area (Å²) in [7, 11) is -0.924. The third kappa shape index (κ3) is 45.3. The van der Waals surface area contributed by atoms with E-state index in [9.17, 15) is 0 Å². The molecule has 18 aliphatic carbocycles. The van der Waals surface area contributed by atoms with Gasteiger partial charge in [-0.15, -0.1) is 0 Å². The molecule has 832 valence electrons. The van der Waals surface area contributed by atoms with Crippen LogP contribution in [-0.4, -0.2) is 8.07 Å². The van der Waals surface area contributed by atoms with Gasteiger partial charge in [0.2, 0.25) is 0 Å². The molecule has 1 aromatic rings. The van der Waals surface area contributed by atoms with Crippen molar-refractivity contribution < 1.29 is 130 Å². The van der Waals surface area contributed by atoms with Gasteiger partial charge in [-0.25, -0.2) is 0 Å². The number of fused-ring (bicyclic) bond motifs is 10. The van der Waals surface area contributed by atoms with Crippen LogP contribution in [0.4, 0.5) is 0 Å². The van der Waals surface area contributed by atoms with Gasteiger partial charge in [0.05, 0.1) is 0 Å². The van der Waals surface area contributed by atoms with Gasteiger partial charge in [0.1, 0.15) is 0 Å². The van der Waals surface area contributed by atoms with E-state index in [2.05, 4.69) is 318 Å². The van der Waals surface area contributed by atoms with Crippen LogP contribution in [0, 0.1) is 379 Å². The Morgan fingerprint density at radius 3 is 0.812 bits per heavy atom. The molecule has 0 radical (unpaired) electrons. The molecule has 14 unspecified atom stereocenters. The largest absolute Gasteiger partial charge is 4.00 e. The van der Waals surface area contributed by atoms with Crippen molar-refractivity contribution in [2.45, 2.75) is 367 Å². The Bertz CT molecular complexity index is 3200. The quantitative estimate of drug-likeness (QED) is 0.208. The Morgan fingerprint density at radius 1 is 0.250 bits per heavy atom. The number of rotatable bonds is 4. The van der Waals surface area contributed by atoms with Crippen LogP contribution in [0.5, 0.6) is 0 Å². The van der Waals surface area contributed by atoms with Crippen molar-refractivity contribution in [2.24, 2.45) is 231 Å². The summed E-state index contributed by atoms with van der Waals surface area (Å²) >= 11 is 0. The van der Waals surface area contributed by atoms with Gasteiger partial charge in [0, 0.05) is 8.07 Å². The van der Waals surface area contributed by atoms with Crippen molar-refractivity contribution in [3.05, 3.63) is 284 Å². The van der Waals surface area contributed by atoms with Crippen molar-refractivity contribution in [1.82, 2.24) is 0 Å². The first-order valence-corrected chi connectivity index (χ1v) is 56.3. The molecule has 0 aliphatic heterocycles. The van der Waals surface area contributed by atoms with Gasteiger partial charge in [0.15, 0.2) is 0 Å². The average molecular weight is 2750 g/mol. The molecule has 1 aromatic carbocycles. The van der Waals surface area contributed by atoms with Crippen LogP contribution in [0.1, 0.15) is 353 Å². The zero-order chi connectivity index (χ0) is 87.1. The minimum atomic E-state index is -0.924. The Morgan fingerprint density at radius 2 is 0.507 bits per heavy atom. The molecule has 13 fully saturated rings. The predicted octanol–water partition coefficient (Wildman–Crippen LogP) is 44.7. The minimum Gasteiger partial charge on any atom is -0.358 e. The third-order valence-electron chi connectivity index (χ3n) is 41.0. The number of benzene rings is 1. The molecule has 0 saturated heterocycles. The molecule has 0 N–H and O–H groups in total. The number of hydrogen-bond acceptors (Lipinski definition) is 0. The minimum absolute atomic E-state index is 0. The van der Waals surface area contributed by atoms with E-state index >= 15 is 0 Å². The van der Waals surface area contributed by atoms with Crippen LogP contribution in [-0.2, 0) is 130 Å². The van der Waals surface area contributed by atoms with Crippen LogP contribution in [0.3, 0.4) is 0 Å². The molecule has 0 heterocycles. The van der Waals surface area contributed by atoms with Crippen LogP contribution in [0.25, 0.3) is 6.08 Å². The molecule has 144 heavy (non-hydrogen) atoms. The maximum atomic E-state index is 2.67. The first-order chi connectivity index (χ1) is 56.2. The van der Waals surface area contributed by atoms with Gasteiger partial charge < -0.3 is 149 Å². The fourth-order valence-corrected chi connectivity index (χ4v) is 30.9. The van der Waals surface area contributed by atoms with Crippen LogP contribution < -0.4 is 0 Å². The Hall–Kier alpha value is 1.46. The second-order valence-corrected chi connectivity index (χ2v) is 53.8. The summed E-state index contributed by atoms with van der Waals surface area (Å²) in [5, 5.41) is 0. The first kappa shape index (κ1) is 181. The zero-order valence-corrected chi connectivity index (χ0v) is 125. The normalized spacial score (nSPS) is 37.2. The van der Waals surface area contributed by atoms with E-state index in [1.54, 1.807) is 39.0 Å². The third-order valence-corrected chi connectivity index (χ3v) is 42.8. The molecule has 0 aromatic heterocycles. The van der Waals surface area contributed by atoms with E-state index in [1.165, 1.54) is 146 Å². The monoisotopic (exact) mass is 2750 g/mol. The summed E-state index contributed by atoms with van der Waals surface area (Å²) < 4.78 is 0. The van der Waals surface area contributed by atoms with Crippen LogP contribution >= 0.6 is 0 Å². The smallest absolute Gasteiger partial charge is 0.358 e. The fraction of sp³-hybridized carbons (Fsp3) is 0.681. The van der Waals surface area contributed by atoms with Gasteiger partial charge in [-0.3, -0.25) is 0 Å². The van der Waals surface area contributed by atoms with Crippen molar-refractivity contribution in [1.29, 1.82) is 0 Å². The molecular formula is C138H256Hf4SiZr. The molecule has 6 heteroatoms. The fourth-order valence-electron chi connectivity index (χ4n) is 28.9. The van der Waals surface area contributed by atoms with Crippen molar-refractivity contribution in [3.8, 4) is 0 Å². The molecule has 0 spiro atoms. The maximum Gasteiger partial charge on any atom is 4.00 e. The second kappa shape index (κ2) is 82.8. The van der Waals surface area contributed by atoms with Crippen molar-refractivity contribution in [3.63, 3.8) is 0 Å². The molecule has 0 nitrogen and oxygen atoms in total. The standard InChI is InChI=1S/C17H24Si.C16H24.C13H18.C12H16.C10H14.5C10H20.20CH3.4Hf.Zr/c1-18(2,3)12-14-9-11-17-15-7-5-4-6-13(15)8-10-16(14)17;1-11(2)8-14-6-7-15-9-12-4-3-5-13(12)10-16(14)15;1-9-5-6-12-7-10-3-2-4-11(10)8-13(9)12;1-3-9-7-11-5-2-6-12(11)8-10(9)4-1;1-8-6-7-9-4-2-3-5-10(8)9;5*1-6-7(2)9(4)10(5)8(6)3;;;;;;;;;;;;;;;;;;;;;;;;;/h4-8,10,14,16-17H,9,11-12H2,1-3H3;9-11,14-16H,3-8H2,1-2H3;7-9,12-13H,2-6H2,1H3;7-10H,1-6H2;2-5,8-10H,6-7H2,1H3;5*6-10H,1-5H3;20*1H3;;;;;/q;;;;;;;;;;20*-1;5*+4. The number of hydrogen-bond donors (Lipinski definition) is 0. The van der Waals surface area contributed by atoms with E-state index in [-0.39, 0.29) is 278 Å². The van der Waals surface area contributed by atoms with Gasteiger partial charge in [-0.1, -0.05) is 330 Å². The van der Waals surface area contributed by atoms with E-state index in [1.807, 2.05) is 0 Å². The summed E-state index contributed by atoms with van der Waals surface area (Å²) in [6.07, 6.45) is 59.5. The Kier molecular flexibility index (Phi) is 104. The van der Waals surface area contributed by atoms with Crippen molar-refractivity contribution >= 4 is 14.1 Å². The predicted molar refractivity (Wildman–Crippen MR) is 659 cm³/mol. The van der Waals surface area contributed by atoms with E-state index in [0.717, 1.165) is 237 Å². The van der Waals surface area contributed by atoms with Gasteiger partial charge >= 0.3 is 130 Å². The van der Waals surface area contributed by atoms with Crippen LogP contribution in [0.15, 0.2) is 125 Å². The molecule has 18 aliphatic rings. The van der Waals surface area contributed by atoms with Crippen molar-refractivity contribution in [2.75, 3.05) is 0 Å². The topological polar surface area (TPSA) is 0 Å². The average Bonchev–Trinajstić information content (AvgIpc) is 1.65. The maximum absolute atomic E-state index is 2.67. The number of allylic oxidation sites excluding steroid dienone is 17. The summed E-state index contributed by atoms with van der Waals surface area (Å²) in [6.45, 7) is 77.0. The van der Waals surface area contributed by atoms with Crippen LogP contribution in [0.2, 0.25) is 25.7 Å². The van der Waals surface area contributed by atoms with E-state index in [0.29, 0.717) is 0 Å².